The summed E-state index contributed by atoms with van der Waals surface area (Å²) in [6, 6.07) is 9.44. The van der Waals surface area contributed by atoms with Crippen LogP contribution in [0.4, 0.5) is 0 Å². The van der Waals surface area contributed by atoms with Crippen molar-refractivity contribution in [2.24, 2.45) is 11.8 Å². The molecule has 0 aliphatic carbocycles. The SMILES string of the molecule is CC(C)CC(=O)C(C=O)CC(=O)N(C)OCc1ccccc1. The molecule has 0 spiro atoms. The summed E-state index contributed by atoms with van der Waals surface area (Å²) in [5.41, 5.74) is 0.935. The Bertz CT molecular complexity index is 499. The van der Waals surface area contributed by atoms with Crippen LogP contribution in [0, 0.1) is 11.8 Å². The van der Waals surface area contributed by atoms with Crippen LogP contribution in [-0.2, 0) is 25.8 Å². The average Bonchev–Trinajstić information content (AvgIpc) is 2.50. The van der Waals surface area contributed by atoms with Crippen LogP contribution in [0.5, 0.6) is 0 Å². The van der Waals surface area contributed by atoms with E-state index in [1.807, 2.05) is 44.2 Å². The second kappa shape index (κ2) is 9.10. The van der Waals surface area contributed by atoms with Crippen molar-refractivity contribution in [2.45, 2.75) is 33.3 Å². The molecule has 1 unspecified atom stereocenters. The van der Waals surface area contributed by atoms with E-state index in [4.69, 9.17) is 4.84 Å². The zero-order valence-corrected chi connectivity index (χ0v) is 13.3. The molecule has 0 bridgehead atoms. The molecule has 0 aliphatic heterocycles. The number of rotatable bonds is 9. The highest BCUT2D eigenvalue weighted by Gasteiger charge is 2.24. The third-order valence-corrected chi connectivity index (χ3v) is 3.20. The Kier molecular flexibility index (Phi) is 7.46. The van der Waals surface area contributed by atoms with Crippen molar-refractivity contribution in [1.29, 1.82) is 0 Å². The molecule has 0 saturated heterocycles. The van der Waals surface area contributed by atoms with Gasteiger partial charge in [0, 0.05) is 19.9 Å². The first kappa shape index (κ1) is 18.0. The van der Waals surface area contributed by atoms with Crippen molar-refractivity contribution < 1.29 is 19.2 Å². The van der Waals surface area contributed by atoms with Gasteiger partial charge in [-0.1, -0.05) is 44.2 Å². The van der Waals surface area contributed by atoms with Crippen molar-refractivity contribution in [1.82, 2.24) is 5.06 Å². The second-order valence-electron chi connectivity index (χ2n) is 5.66. The third-order valence-electron chi connectivity index (χ3n) is 3.20. The number of amides is 1. The Morgan fingerprint density at radius 2 is 1.82 bits per heavy atom. The van der Waals surface area contributed by atoms with Crippen molar-refractivity contribution in [3.63, 3.8) is 0 Å². The van der Waals surface area contributed by atoms with Crippen molar-refractivity contribution in [3.8, 4) is 0 Å². The zero-order valence-electron chi connectivity index (χ0n) is 13.3. The van der Waals surface area contributed by atoms with Crippen LogP contribution < -0.4 is 0 Å². The molecule has 0 saturated carbocycles. The number of carbonyl (C=O) groups excluding carboxylic acids is 3. The molecule has 22 heavy (non-hydrogen) atoms. The summed E-state index contributed by atoms with van der Waals surface area (Å²) < 4.78 is 0. The van der Waals surface area contributed by atoms with Crippen LogP contribution in [0.25, 0.3) is 0 Å². The summed E-state index contributed by atoms with van der Waals surface area (Å²) in [5.74, 6) is -1.31. The highest BCUT2D eigenvalue weighted by molar-refractivity contribution is 5.97. The minimum Gasteiger partial charge on any atom is -0.303 e. The number of hydrogen-bond donors (Lipinski definition) is 0. The molecule has 0 aliphatic rings. The predicted octanol–water partition coefficient (Wildman–Crippen LogP) is 2.40. The number of ketones is 1. The molecular weight excluding hydrogens is 282 g/mol. The Morgan fingerprint density at radius 3 is 2.36 bits per heavy atom. The maximum Gasteiger partial charge on any atom is 0.247 e. The van der Waals surface area contributed by atoms with Gasteiger partial charge in [0.15, 0.2) is 0 Å². The largest absolute Gasteiger partial charge is 0.303 e. The monoisotopic (exact) mass is 305 g/mol. The van der Waals surface area contributed by atoms with Gasteiger partial charge < -0.3 is 4.79 Å². The lowest BCUT2D eigenvalue weighted by Gasteiger charge is -2.18. The number of nitrogens with zero attached hydrogens (tertiary/aromatic N) is 1. The first-order valence-corrected chi connectivity index (χ1v) is 7.35. The van der Waals surface area contributed by atoms with E-state index in [0.717, 1.165) is 10.6 Å². The van der Waals surface area contributed by atoms with Gasteiger partial charge in [-0.15, -0.1) is 0 Å². The Hall–Kier alpha value is -2.01. The quantitative estimate of drug-likeness (QED) is 0.399. The van der Waals surface area contributed by atoms with E-state index in [1.165, 1.54) is 7.05 Å². The maximum absolute atomic E-state index is 12.0. The topological polar surface area (TPSA) is 63.7 Å². The Balaban J connectivity index is 2.48. The minimum atomic E-state index is -0.891. The molecule has 0 radical (unpaired) electrons. The fourth-order valence-corrected chi connectivity index (χ4v) is 1.93. The highest BCUT2D eigenvalue weighted by atomic mass is 16.7. The molecule has 1 aromatic carbocycles. The summed E-state index contributed by atoms with van der Waals surface area (Å²) >= 11 is 0. The van der Waals surface area contributed by atoms with Crippen LogP contribution in [0.1, 0.15) is 32.3 Å². The van der Waals surface area contributed by atoms with Crippen LogP contribution in [-0.4, -0.2) is 30.1 Å². The van der Waals surface area contributed by atoms with Crippen LogP contribution in [0.2, 0.25) is 0 Å². The first-order chi connectivity index (χ1) is 10.4. The molecule has 1 atom stereocenters. The Labute approximate surface area is 131 Å². The van der Waals surface area contributed by atoms with Gasteiger partial charge in [-0.05, 0) is 11.5 Å². The van der Waals surface area contributed by atoms with E-state index in [-0.39, 0.29) is 30.6 Å². The first-order valence-electron chi connectivity index (χ1n) is 7.35. The van der Waals surface area contributed by atoms with E-state index in [0.29, 0.717) is 12.7 Å². The van der Waals surface area contributed by atoms with Gasteiger partial charge in [-0.3, -0.25) is 14.4 Å². The zero-order chi connectivity index (χ0) is 16.5. The fraction of sp³-hybridized carbons (Fsp3) is 0.471. The number of carbonyl (C=O) groups is 3. The van der Waals surface area contributed by atoms with Crippen LogP contribution in [0.3, 0.4) is 0 Å². The molecule has 0 fully saturated rings. The normalized spacial score (nSPS) is 12.0. The average molecular weight is 305 g/mol. The second-order valence-corrected chi connectivity index (χ2v) is 5.66. The van der Waals surface area contributed by atoms with E-state index in [9.17, 15) is 14.4 Å². The molecule has 0 N–H and O–H groups in total. The summed E-state index contributed by atoms with van der Waals surface area (Å²) in [7, 11) is 1.49. The number of benzene rings is 1. The standard InChI is InChI=1S/C17H23NO4/c1-13(2)9-16(20)15(11-19)10-17(21)18(3)22-12-14-7-5-4-6-8-14/h4-8,11,13,15H,9-10,12H2,1-3H3. The van der Waals surface area contributed by atoms with Gasteiger partial charge in [-0.25, -0.2) is 5.06 Å². The van der Waals surface area contributed by atoms with E-state index in [2.05, 4.69) is 0 Å². The molecule has 120 valence electrons. The van der Waals surface area contributed by atoms with Crippen molar-refractivity contribution >= 4 is 18.0 Å². The molecule has 1 amide bonds. The summed E-state index contributed by atoms with van der Waals surface area (Å²) in [4.78, 5) is 40.3. The van der Waals surface area contributed by atoms with Gasteiger partial charge in [-0.2, -0.15) is 0 Å². The van der Waals surface area contributed by atoms with Gasteiger partial charge in [0.2, 0.25) is 5.91 Å². The van der Waals surface area contributed by atoms with Gasteiger partial charge >= 0.3 is 0 Å². The fourth-order valence-electron chi connectivity index (χ4n) is 1.93. The van der Waals surface area contributed by atoms with Gasteiger partial charge in [0.1, 0.15) is 18.7 Å². The summed E-state index contributed by atoms with van der Waals surface area (Å²) in [6.07, 6.45) is 0.694. The molecule has 1 rings (SSSR count). The number of aldehydes is 1. The van der Waals surface area contributed by atoms with Crippen molar-refractivity contribution in [3.05, 3.63) is 35.9 Å². The van der Waals surface area contributed by atoms with Gasteiger partial charge in [0.25, 0.3) is 0 Å². The van der Waals surface area contributed by atoms with E-state index in [1.54, 1.807) is 0 Å². The van der Waals surface area contributed by atoms with Crippen LogP contribution in [0.15, 0.2) is 30.3 Å². The maximum atomic E-state index is 12.0. The number of Topliss-reactive ketones (excluding diaryl/α,β-unsaturated/α-hetero) is 1. The molecule has 1 aromatic rings. The van der Waals surface area contributed by atoms with E-state index >= 15 is 0 Å². The number of hydroxylamine groups is 2. The lowest BCUT2D eigenvalue weighted by molar-refractivity contribution is -0.184. The Morgan fingerprint density at radius 1 is 1.18 bits per heavy atom. The molecule has 5 heteroatoms. The lowest BCUT2D eigenvalue weighted by atomic mass is 9.94. The predicted molar refractivity (Wildman–Crippen MR) is 82.6 cm³/mol. The van der Waals surface area contributed by atoms with E-state index < -0.39 is 5.92 Å². The highest BCUT2D eigenvalue weighted by Crippen LogP contribution is 2.12. The molecule has 0 heterocycles. The lowest BCUT2D eigenvalue weighted by Crippen LogP contribution is -2.31. The molecule has 5 nitrogen and oxygen atoms in total. The summed E-state index contributed by atoms with van der Waals surface area (Å²) in [6.45, 7) is 4.06. The third kappa shape index (κ3) is 6.18. The number of hydrogen-bond acceptors (Lipinski definition) is 4. The van der Waals surface area contributed by atoms with Crippen LogP contribution >= 0.6 is 0 Å². The molecule has 0 aromatic heterocycles. The molecular formula is C17H23NO4. The smallest absolute Gasteiger partial charge is 0.247 e. The van der Waals surface area contributed by atoms with Crippen molar-refractivity contribution in [2.75, 3.05) is 7.05 Å². The summed E-state index contributed by atoms with van der Waals surface area (Å²) in [5, 5.41) is 1.09. The minimum absolute atomic E-state index is 0.152. The van der Waals surface area contributed by atoms with Gasteiger partial charge in [0.05, 0.1) is 5.92 Å².